The van der Waals surface area contributed by atoms with E-state index in [4.69, 9.17) is 9.15 Å². The predicted molar refractivity (Wildman–Crippen MR) is 107 cm³/mol. The van der Waals surface area contributed by atoms with Crippen LogP contribution >= 0.6 is 0 Å². The fraction of sp³-hybridized carbons (Fsp3) is 0.217. The van der Waals surface area contributed by atoms with Gasteiger partial charge in [0.2, 0.25) is 11.6 Å². The van der Waals surface area contributed by atoms with Gasteiger partial charge in [0.05, 0.1) is 24.9 Å². The van der Waals surface area contributed by atoms with Gasteiger partial charge in [0.15, 0.2) is 0 Å². The number of aryl methyl sites for hydroxylation is 2. The lowest BCUT2D eigenvalue weighted by atomic mass is 9.85. The highest BCUT2D eigenvalue weighted by atomic mass is 16.5. The summed E-state index contributed by atoms with van der Waals surface area (Å²) in [5, 5.41) is 3.29. The number of ether oxygens (including phenoxy) is 1. The first-order chi connectivity index (χ1) is 13.4. The van der Waals surface area contributed by atoms with Gasteiger partial charge in [-0.15, -0.1) is 0 Å². The van der Waals surface area contributed by atoms with Crippen molar-refractivity contribution in [2.45, 2.75) is 27.3 Å². The third kappa shape index (κ3) is 2.71. The van der Waals surface area contributed by atoms with Crippen LogP contribution in [-0.4, -0.2) is 18.7 Å². The van der Waals surface area contributed by atoms with Gasteiger partial charge in [-0.3, -0.25) is 9.59 Å². The summed E-state index contributed by atoms with van der Waals surface area (Å²) in [6, 6.07) is 11.3. The number of rotatable bonds is 4. The van der Waals surface area contributed by atoms with Crippen molar-refractivity contribution in [3.8, 4) is 17.1 Å². The molecule has 1 aromatic heterocycles. The number of ketones is 2. The maximum absolute atomic E-state index is 12.7. The molecule has 0 aliphatic heterocycles. The number of hydrogen-bond acceptors (Lipinski definition) is 5. The minimum atomic E-state index is -0.504. The SMILES string of the molecule is COc1ccccc1NCc1oc2c(c1C)C(=O)C(=O)c1cc(C)c(C)cc1-2. The van der Waals surface area contributed by atoms with Crippen molar-refractivity contribution in [3.05, 3.63) is 70.0 Å². The largest absolute Gasteiger partial charge is 0.495 e. The molecule has 0 amide bonds. The molecule has 3 aromatic rings. The Hall–Kier alpha value is -3.34. The summed E-state index contributed by atoms with van der Waals surface area (Å²) in [5.74, 6) is 0.855. The lowest BCUT2D eigenvalue weighted by molar-refractivity contribution is 0.0814. The summed E-state index contributed by atoms with van der Waals surface area (Å²) in [4.78, 5) is 25.4. The maximum Gasteiger partial charge on any atom is 0.237 e. The molecule has 1 aliphatic rings. The zero-order valence-corrected chi connectivity index (χ0v) is 16.3. The van der Waals surface area contributed by atoms with E-state index in [0.29, 0.717) is 40.3 Å². The van der Waals surface area contributed by atoms with E-state index >= 15 is 0 Å². The predicted octanol–water partition coefficient (Wildman–Crippen LogP) is 4.87. The quantitative estimate of drug-likeness (QED) is 0.659. The standard InChI is InChI=1S/C23H21NO4/c1-12-9-15-16(10-13(12)2)23-20(22(26)21(15)25)14(3)19(28-23)11-24-17-7-5-6-8-18(17)27-4/h5-10,24H,11H2,1-4H3. The molecular weight excluding hydrogens is 354 g/mol. The third-order valence-corrected chi connectivity index (χ3v) is 5.35. The molecule has 5 heteroatoms. The van der Waals surface area contributed by atoms with Gasteiger partial charge in [0.25, 0.3) is 0 Å². The summed E-state index contributed by atoms with van der Waals surface area (Å²) in [5.41, 5.74) is 5.03. The monoisotopic (exact) mass is 375 g/mol. The van der Waals surface area contributed by atoms with Crippen molar-refractivity contribution in [3.63, 3.8) is 0 Å². The fourth-order valence-electron chi connectivity index (χ4n) is 3.59. The van der Waals surface area contributed by atoms with Gasteiger partial charge >= 0.3 is 0 Å². The number of furan rings is 1. The van der Waals surface area contributed by atoms with Gasteiger partial charge in [0.1, 0.15) is 17.3 Å². The van der Waals surface area contributed by atoms with E-state index in [1.54, 1.807) is 13.2 Å². The molecular formula is C23H21NO4. The number of anilines is 1. The molecule has 142 valence electrons. The molecule has 0 fully saturated rings. The molecule has 4 rings (SSSR count). The topological polar surface area (TPSA) is 68.5 Å². The number of nitrogens with one attached hydrogen (secondary N) is 1. The van der Waals surface area contributed by atoms with E-state index in [-0.39, 0.29) is 0 Å². The van der Waals surface area contributed by atoms with Gasteiger partial charge in [-0.1, -0.05) is 12.1 Å². The van der Waals surface area contributed by atoms with E-state index in [1.165, 1.54) is 0 Å². The summed E-state index contributed by atoms with van der Waals surface area (Å²) in [6.45, 7) is 6.11. The Bertz CT molecular complexity index is 1120. The van der Waals surface area contributed by atoms with Crippen LogP contribution in [0.15, 0.2) is 40.8 Å². The highest BCUT2D eigenvalue weighted by molar-refractivity contribution is 6.53. The van der Waals surface area contributed by atoms with Crippen LogP contribution in [0.25, 0.3) is 11.3 Å². The van der Waals surface area contributed by atoms with Crippen LogP contribution in [0.3, 0.4) is 0 Å². The molecule has 2 aromatic carbocycles. The number of para-hydroxylation sites is 2. The first-order valence-electron chi connectivity index (χ1n) is 9.12. The van der Waals surface area contributed by atoms with Crippen molar-refractivity contribution < 1.29 is 18.7 Å². The number of Topliss-reactive ketones (excluding diaryl/α,β-unsaturated/α-hetero) is 2. The molecule has 1 aliphatic carbocycles. The molecule has 0 bridgehead atoms. The van der Waals surface area contributed by atoms with Crippen molar-refractivity contribution in [1.29, 1.82) is 0 Å². The fourth-order valence-corrected chi connectivity index (χ4v) is 3.59. The second kappa shape index (κ2) is 6.68. The number of carbonyl (C=O) groups is 2. The lowest BCUT2D eigenvalue weighted by Gasteiger charge is -2.15. The van der Waals surface area contributed by atoms with Gasteiger partial charge < -0.3 is 14.5 Å². The molecule has 0 spiro atoms. The Morgan fingerprint density at radius 2 is 1.64 bits per heavy atom. The Labute approximate surface area is 163 Å². The van der Waals surface area contributed by atoms with Crippen molar-refractivity contribution in [1.82, 2.24) is 0 Å². The van der Waals surface area contributed by atoms with Gasteiger partial charge in [-0.2, -0.15) is 0 Å². The van der Waals surface area contributed by atoms with E-state index in [1.807, 2.05) is 51.1 Å². The number of benzene rings is 2. The van der Waals surface area contributed by atoms with E-state index in [0.717, 1.165) is 22.6 Å². The Balaban J connectivity index is 1.76. The van der Waals surface area contributed by atoms with E-state index in [2.05, 4.69) is 5.32 Å². The maximum atomic E-state index is 12.7. The second-order valence-corrected chi connectivity index (χ2v) is 7.05. The molecule has 5 nitrogen and oxygen atoms in total. The van der Waals surface area contributed by atoms with Crippen LogP contribution < -0.4 is 10.1 Å². The molecule has 0 radical (unpaired) electrons. The van der Waals surface area contributed by atoms with Crippen LogP contribution in [0.4, 0.5) is 5.69 Å². The smallest absolute Gasteiger partial charge is 0.237 e. The number of fused-ring (bicyclic) bond motifs is 3. The van der Waals surface area contributed by atoms with E-state index in [9.17, 15) is 9.59 Å². The zero-order chi connectivity index (χ0) is 20.0. The number of methoxy groups -OCH3 is 1. The highest BCUT2D eigenvalue weighted by Crippen LogP contribution is 2.40. The average Bonchev–Trinajstić information content (AvgIpc) is 3.03. The second-order valence-electron chi connectivity index (χ2n) is 7.05. The lowest BCUT2D eigenvalue weighted by Crippen LogP contribution is -2.21. The molecule has 0 saturated carbocycles. The van der Waals surface area contributed by atoms with Gasteiger partial charge in [0, 0.05) is 16.7 Å². The highest BCUT2D eigenvalue weighted by Gasteiger charge is 2.36. The minimum absolute atomic E-state index is 0.373. The van der Waals surface area contributed by atoms with Crippen molar-refractivity contribution in [2.24, 2.45) is 0 Å². The van der Waals surface area contributed by atoms with Crippen molar-refractivity contribution >= 4 is 17.3 Å². The average molecular weight is 375 g/mol. The zero-order valence-electron chi connectivity index (χ0n) is 16.3. The minimum Gasteiger partial charge on any atom is -0.495 e. The van der Waals surface area contributed by atoms with Crippen LogP contribution in [0, 0.1) is 20.8 Å². The number of carbonyl (C=O) groups excluding carboxylic acids is 2. The first-order valence-corrected chi connectivity index (χ1v) is 9.12. The summed E-state index contributed by atoms with van der Waals surface area (Å²) >= 11 is 0. The Morgan fingerprint density at radius 3 is 2.36 bits per heavy atom. The molecule has 28 heavy (non-hydrogen) atoms. The van der Waals surface area contributed by atoms with Crippen LogP contribution in [-0.2, 0) is 6.54 Å². The summed E-state index contributed by atoms with van der Waals surface area (Å²) in [6.07, 6.45) is 0. The van der Waals surface area contributed by atoms with E-state index < -0.39 is 11.6 Å². The Kier molecular flexibility index (Phi) is 4.30. The third-order valence-electron chi connectivity index (χ3n) is 5.35. The summed E-state index contributed by atoms with van der Waals surface area (Å²) < 4.78 is 11.5. The van der Waals surface area contributed by atoms with Gasteiger partial charge in [-0.25, -0.2) is 0 Å². The number of hydrogen-bond donors (Lipinski definition) is 1. The first kappa shape index (κ1) is 18.0. The molecule has 0 unspecified atom stereocenters. The normalized spacial score (nSPS) is 12.6. The molecule has 1 heterocycles. The molecule has 0 atom stereocenters. The summed E-state index contributed by atoms with van der Waals surface area (Å²) in [7, 11) is 1.61. The van der Waals surface area contributed by atoms with Crippen LogP contribution in [0.2, 0.25) is 0 Å². The Morgan fingerprint density at radius 1 is 0.964 bits per heavy atom. The van der Waals surface area contributed by atoms with Crippen molar-refractivity contribution in [2.75, 3.05) is 12.4 Å². The van der Waals surface area contributed by atoms with Gasteiger partial charge in [-0.05, 0) is 56.2 Å². The molecule has 1 N–H and O–H groups in total. The van der Waals surface area contributed by atoms with Crippen LogP contribution in [0.1, 0.15) is 43.2 Å². The molecule has 0 saturated heterocycles. The van der Waals surface area contributed by atoms with Crippen LogP contribution in [0.5, 0.6) is 5.75 Å².